The van der Waals surface area contributed by atoms with Gasteiger partial charge in [0, 0.05) is 23.6 Å². The maximum Gasteiger partial charge on any atom is 0.490 e. The van der Waals surface area contributed by atoms with Crippen molar-refractivity contribution in [2.75, 3.05) is 13.1 Å². The molecule has 1 aliphatic heterocycles. The molecule has 0 radical (unpaired) electrons. The molecule has 8 nitrogen and oxygen atoms in total. The third-order valence-electron chi connectivity index (χ3n) is 6.50. The summed E-state index contributed by atoms with van der Waals surface area (Å²) in [5, 5.41) is 12.9. The lowest BCUT2D eigenvalue weighted by Gasteiger charge is -2.31. The molecule has 0 aliphatic carbocycles. The van der Waals surface area contributed by atoms with Gasteiger partial charge in [-0.3, -0.25) is 14.4 Å². The van der Waals surface area contributed by atoms with E-state index in [1.807, 2.05) is 53.8 Å². The van der Waals surface area contributed by atoms with Crippen LogP contribution < -0.4 is 5.56 Å². The number of aromatic amines is 1. The molecule has 41 heavy (non-hydrogen) atoms. The standard InChI is InChI=1S/C26H29N5OS.C2HF3O2.CH4/c1-19-6-5-9-23-25(19)28-24(29-26(23)32)18-33-22-10-12-30(13-11-22)15-21-14-27-31(17-21)16-20-7-3-2-4-8-20;3-2(4,5)1(6)7;/h2-9,14,17,22H,10-13,15-16,18H2,1H3,(H,28,29,32);(H,6,7);1H4. The summed E-state index contributed by atoms with van der Waals surface area (Å²) >= 11 is 1.91. The summed E-state index contributed by atoms with van der Waals surface area (Å²) < 4.78 is 33.8. The van der Waals surface area contributed by atoms with Crippen LogP contribution in [0.2, 0.25) is 0 Å². The number of carboxylic acid groups (broad SMARTS) is 1. The highest BCUT2D eigenvalue weighted by atomic mass is 32.2. The number of alkyl halides is 3. The van der Waals surface area contributed by atoms with Crippen molar-refractivity contribution in [1.29, 1.82) is 0 Å². The van der Waals surface area contributed by atoms with Crippen molar-refractivity contribution >= 4 is 28.6 Å². The minimum atomic E-state index is -5.08. The molecule has 3 heterocycles. The molecule has 0 atom stereocenters. The lowest BCUT2D eigenvalue weighted by Crippen LogP contribution is -2.34. The van der Waals surface area contributed by atoms with Crippen molar-refractivity contribution in [3.63, 3.8) is 0 Å². The van der Waals surface area contributed by atoms with E-state index in [0.29, 0.717) is 10.6 Å². The van der Waals surface area contributed by atoms with Crippen LogP contribution in [0.4, 0.5) is 13.2 Å². The molecule has 0 amide bonds. The molecular formula is C29H34F3N5O3S. The quantitative estimate of drug-likeness (QED) is 0.287. The van der Waals surface area contributed by atoms with Gasteiger partial charge in [-0.15, -0.1) is 0 Å². The molecule has 0 spiro atoms. The fourth-order valence-electron chi connectivity index (χ4n) is 4.45. The molecule has 0 bridgehead atoms. The first-order valence-electron chi connectivity index (χ1n) is 12.8. The van der Waals surface area contributed by atoms with Crippen LogP contribution >= 0.6 is 11.8 Å². The van der Waals surface area contributed by atoms with Gasteiger partial charge in [-0.2, -0.15) is 30.0 Å². The molecule has 1 fully saturated rings. The number of halogens is 3. The Labute approximate surface area is 240 Å². The number of likely N-dealkylation sites (tertiary alicyclic amines) is 1. The predicted octanol–water partition coefficient (Wildman–Crippen LogP) is 5.64. The van der Waals surface area contributed by atoms with Gasteiger partial charge in [0.2, 0.25) is 0 Å². The first kappa shape index (κ1) is 31.9. The second-order valence-corrected chi connectivity index (χ2v) is 10.9. The van der Waals surface area contributed by atoms with E-state index in [9.17, 15) is 18.0 Å². The fourth-order valence-corrected chi connectivity index (χ4v) is 5.53. The molecular weight excluding hydrogens is 555 g/mol. The van der Waals surface area contributed by atoms with Gasteiger partial charge in [0.1, 0.15) is 5.82 Å². The summed E-state index contributed by atoms with van der Waals surface area (Å²) in [5.74, 6) is -1.23. The molecule has 5 rings (SSSR count). The van der Waals surface area contributed by atoms with E-state index >= 15 is 0 Å². The Morgan fingerprint density at radius 2 is 1.76 bits per heavy atom. The topological polar surface area (TPSA) is 104 Å². The van der Waals surface area contributed by atoms with Crippen LogP contribution in [0.1, 0.15) is 42.8 Å². The van der Waals surface area contributed by atoms with Crippen molar-refractivity contribution < 1.29 is 23.1 Å². The second-order valence-electron chi connectivity index (χ2n) is 9.60. The van der Waals surface area contributed by atoms with Crippen molar-refractivity contribution in [3.05, 3.63) is 93.8 Å². The Balaban J connectivity index is 0.000000516. The number of hydrogen-bond donors (Lipinski definition) is 2. The largest absolute Gasteiger partial charge is 0.490 e. The third kappa shape index (κ3) is 9.19. The molecule has 2 aromatic carbocycles. The van der Waals surface area contributed by atoms with Gasteiger partial charge in [-0.05, 0) is 50.0 Å². The highest BCUT2D eigenvalue weighted by Gasteiger charge is 2.38. The predicted molar refractivity (Wildman–Crippen MR) is 155 cm³/mol. The van der Waals surface area contributed by atoms with Crippen LogP contribution in [0.3, 0.4) is 0 Å². The van der Waals surface area contributed by atoms with Gasteiger partial charge in [0.05, 0.1) is 29.4 Å². The summed E-state index contributed by atoms with van der Waals surface area (Å²) in [4.78, 5) is 31.5. The number of hydrogen-bond acceptors (Lipinski definition) is 6. The highest BCUT2D eigenvalue weighted by molar-refractivity contribution is 7.99. The van der Waals surface area contributed by atoms with Crippen molar-refractivity contribution in [3.8, 4) is 0 Å². The molecule has 0 unspecified atom stereocenters. The molecule has 4 aromatic rings. The summed E-state index contributed by atoms with van der Waals surface area (Å²) in [5.41, 5.74) is 4.36. The Morgan fingerprint density at radius 1 is 1.07 bits per heavy atom. The SMILES string of the molecule is C.Cc1cccc2c(=O)[nH]c(CSC3CCN(Cc4cnn(Cc5ccccc5)c4)CC3)nc12.O=C(O)C(F)(F)F. The smallest absolute Gasteiger partial charge is 0.475 e. The van der Waals surface area contributed by atoms with Gasteiger partial charge in [-0.25, -0.2) is 9.78 Å². The maximum absolute atomic E-state index is 12.4. The lowest BCUT2D eigenvalue weighted by atomic mass is 10.1. The summed E-state index contributed by atoms with van der Waals surface area (Å²) in [6.07, 6.45) is 1.38. The highest BCUT2D eigenvalue weighted by Crippen LogP contribution is 2.27. The number of piperidine rings is 1. The summed E-state index contributed by atoms with van der Waals surface area (Å²) in [6.45, 7) is 5.94. The number of H-pyrrole nitrogens is 1. The number of rotatable bonds is 7. The average Bonchev–Trinajstić information content (AvgIpc) is 3.36. The van der Waals surface area contributed by atoms with Crippen LogP contribution in [0.25, 0.3) is 10.9 Å². The first-order valence-corrected chi connectivity index (χ1v) is 13.8. The monoisotopic (exact) mass is 589 g/mol. The van der Waals surface area contributed by atoms with E-state index in [0.717, 1.165) is 61.7 Å². The number of carbonyl (C=O) groups is 1. The van der Waals surface area contributed by atoms with Crippen LogP contribution in [-0.2, 0) is 23.6 Å². The molecule has 2 aromatic heterocycles. The van der Waals surface area contributed by atoms with E-state index < -0.39 is 12.1 Å². The van der Waals surface area contributed by atoms with E-state index in [1.54, 1.807) is 0 Å². The zero-order valence-electron chi connectivity index (χ0n) is 21.9. The number of benzene rings is 2. The molecule has 2 N–H and O–H groups in total. The molecule has 12 heteroatoms. The molecule has 220 valence electrons. The number of aliphatic carboxylic acids is 1. The minimum Gasteiger partial charge on any atom is -0.475 e. The van der Waals surface area contributed by atoms with Gasteiger partial charge in [-0.1, -0.05) is 49.9 Å². The van der Waals surface area contributed by atoms with Gasteiger partial charge >= 0.3 is 12.1 Å². The minimum absolute atomic E-state index is 0. The van der Waals surface area contributed by atoms with Gasteiger partial charge in [0.25, 0.3) is 5.56 Å². The second kappa shape index (κ2) is 14.3. The third-order valence-corrected chi connectivity index (χ3v) is 7.88. The number of nitrogens with zero attached hydrogens (tertiary/aromatic N) is 4. The maximum atomic E-state index is 12.4. The Morgan fingerprint density at radius 3 is 2.41 bits per heavy atom. The zero-order chi connectivity index (χ0) is 28.7. The van der Waals surface area contributed by atoms with Crippen molar-refractivity contribution in [2.24, 2.45) is 0 Å². The number of aromatic nitrogens is 4. The Kier molecular flexibility index (Phi) is 11.1. The van der Waals surface area contributed by atoms with Crippen LogP contribution in [-0.4, -0.2) is 60.2 Å². The van der Waals surface area contributed by atoms with E-state index in [2.05, 4.69) is 45.4 Å². The van der Waals surface area contributed by atoms with Crippen LogP contribution in [0.5, 0.6) is 0 Å². The zero-order valence-corrected chi connectivity index (χ0v) is 22.7. The van der Waals surface area contributed by atoms with Gasteiger partial charge in [0.15, 0.2) is 0 Å². The molecule has 1 saturated heterocycles. The number of fused-ring (bicyclic) bond motifs is 1. The molecule has 1 aliphatic rings. The summed E-state index contributed by atoms with van der Waals surface area (Å²) in [7, 11) is 0. The van der Waals surface area contributed by atoms with Crippen molar-refractivity contribution in [2.45, 2.75) is 57.5 Å². The van der Waals surface area contributed by atoms with E-state index in [1.165, 1.54) is 11.1 Å². The average molecular weight is 590 g/mol. The molecule has 0 saturated carbocycles. The lowest BCUT2D eigenvalue weighted by molar-refractivity contribution is -0.192. The number of aryl methyl sites for hydroxylation is 1. The van der Waals surface area contributed by atoms with Crippen molar-refractivity contribution in [1.82, 2.24) is 24.6 Å². The normalized spacial score (nSPS) is 14.2. The number of carboxylic acids is 1. The van der Waals surface area contributed by atoms with Crippen LogP contribution in [0.15, 0.2) is 65.7 Å². The van der Waals surface area contributed by atoms with Crippen LogP contribution in [0, 0.1) is 6.92 Å². The fraction of sp³-hybridized carbons (Fsp3) is 0.379. The van der Waals surface area contributed by atoms with Gasteiger partial charge < -0.3 is 10.1 Å². The first-order chi connectivity index (χ1) is 19.1. The van der Waals surface area contributed by atoms with E-state index in [4.69, 9.17) is 14.9 Å². The number of para-hydroxylation sites is 1. The Bertz CT molecular complexity index is 1480. The van der Waals surface area contributed by atoms with E-state index in [-0.39, 0.29) is 13.0 Å². The number of thioether (sulfide) groups is 1. The Hall–Kier alpha value is -3.64. The summed E-state index contributed by atoms with van der Waals surface area (Å²) in [6, 6.07) is 16.2. The number of nitrogens with one attached hydrogen (secondary N) is 1.